The third-order valence-electron chi connectivity index (χ3n) is 3.58. The molecule has 1 aliphatic carbocycles. The van der Waals surface area contributed by atoms with E-state index < -0.39 is 0 Å². The summed E-state index contributed by atoms with van der Waals surface area (Å²) in [6.07, 6.45) is 9.06. The molecular formula is C14H28N2O2. The molecule has 0 aromatic carbocycles. The van der Waals surface area contributed by atoms with Crippen molar-refractivity contribution in [3.05, 3.63) is 0 Å². The average molecular weight is 256 g/mol. The van der Waals surface area contributed by atoms with Gasteiger partial charge >= 0.3 is 0 Å². The Morgan fingerprint density at radius 3 is 2.61 bits per heavy atom. The predicted molar refractivity (Wildman–Crippen MR) is 73.4 cm³/mol. The number of aliphatic hydroxyl groups excluding tert-OH is 1. The van der Waals surface area contributed by atoms with Gasteiger partial charge < -0.3 is 10.4 Å². The van der Waals surface area contributed by atoms with Crippen LogP contribution >= 0.6 is 0 Å². The molecule has 1 fully saturated rings. The lowest BCUT2D eigenvalue weighted by Gasteiger charge is -2.24. The number of nitrogens with zero attached hydrogens (tertiary/aromatic N) is 1. The van der Waals surface area contributed by atoms with Gasteiger partial charge in [-0.25, -0.2) is 0 Å². The summed E-state index contributed by atoms with van der Waals surface area (Å²) in [7, 11) is 1.99. The highest BCUT2D eigenvalue weighted by atomic mass is 16.2. The van der Waals surface area contributed by atoms with Crippen molar-refractivity contribution in [1.29, 1.82) is 0 Å². The second kappa shape index (κ2) is 9.34. The first-order valence-electron chi connectivity index (χ1n) is 7.31. The Labute approximate surface area is 111 Å². The number of nitrogens with one attached hydrogen (secondary N) is 1. The molecule has 4 heteroatoms. The number of hydrogen-bond donors (Lipinski definition) is 2. The average Bonchev–Trinajstić information content (AvgIpc) is 2.35. The van der Waals surface area contributed by atoms with Gasteiger partial charge in [-0.05, 0) is 45.7 Å². The monoisotopic (exact) mass is 256 g/mol. The van der Waals surface area contributed by atoms with Gasteiger partial charge in [0.05, 0.1) is 6.54 Å². The Bertz CT molecular complexity index is 228. The molecule has 0 atom stereocenters. The summed E-state index contributed by atoms with van der Waals surface area (Å²) in [5.74, 6) is 0.159. The summed E-state index contributed by atoms with van der Waals surface area (Å²) in [5, 5.41) is 11.8. The van der Waals surface area contributed by atoms with E-state index in [-0.39, 0.29) is 12.5 Å². The van der Waals surface area contributed by atoms with E-state index in [1.54, 1.807) is 0 Å². The number of carbonyl (C=O) groups is 1. The largest absolute Gasteiger partial charge is 0.396 e. The first-order valence-corrected chi connectivity index (χ1v) is 7.31. The zero-order valence-corrected chi connectivity index (χ0v) is 11.7. The molecule has 0 unspecified atom stereocenters. The van der Waals surface area contributed by atoms with E-state index in [4.69, 9.17) is 5.11 Å². The molecule has 4 nitrogen and oxygen atoms in total. The van der Waals surface area contributed by atoms with Gasteiger partial charge in [-0.2, -0.15) is 0 Å². The fraction of sp³-hybridized carbons (Fsp3) is 0.929. The maximum atomic E-state index is 11.8. The van der Waals surface area contributed by atoms with E-state index in [0.717, 1.165) is 38.6 Å². The minimum Gasteiger partial charge on any atom is -0.396 e. The van der Waals surface area contributed by atoms with Gasteiger partial charge in [0.1, 0.15) is 0 Å². The van der Waals surface area contributed by atoms with Crippen LogP contribution in [0, 0.1) is 0 Å². The summed E-state index contributed by atoms with van der Waals surface area (Å²) >= 11 is 0. The highest BCUT2D eigenvalue weighted by Gasteiger charge is 2.16. The molecule has 106 valence electrons. The zero-order valence-electron chi connectivity index (χ0n) is 11.7. The lowest BCUT2D eigenvalue weighted by molar-refractivity contribution is -0.122. The molecule has 18 heavy (non-hydrogen) atoms. The third-order valence-corrected chi connectivity index (χ3v) is 3.58. The number of unbranched alkanes of at least 4 members (excludes halogenated alkanes) is 2. The van der Waals surface area contributed by atoms with Crippen LogP contribution in [0.15, 0.2) is 0 Å². The molecule has 0 aliphatic heterocycles. The van der Waals surface area contributed by atoms with Crippen molar-refractivity contribution in [2.75, 3.05) is 26.7 Å². The summed E-state index contributed by atoms with van der Waals surface area (Å²) in [6, 6.07) is 0.411. The Morgan fingerprint density at radius 1 is 1.22 bits per heavy atom. The highest BCUT2D eigenvalue weighted by molar-refractivity contribution is 5.78. The van der Waals surface area contributed by atoms with Crippen LogP contribution in [0.25, 0.3) is 0 Å². The topological polar surface area (TPSA) is 52.6 Å². The lowest BCUT2D eigenvalue weighted by Crippen LogP contribution is -2.42. The minimum atomic E-state index is 0.159. The summed E-state index contributed by atoms with van der Waals surface area (Å²) in [6.45, 7) is 1.69. The van der Waals surface area contributed by atoms with Gasteiger partial charge in [-0.15, -0.1) is 0 Å². The molecule has 1 amide bonds. The maximum absolute atomic E-state index is 11.8. The van der Waals surface area contributed by atoms with E-state index in [9.17, 15) is 4.79 Å². The van der Waals surface area contributed by atoms with Crippen LogP contribution in [0.4, 0.5) is 0 Å². The van der Waals surface area contributed by atoms with E-state index in [0.29, 0.717) is 12.6 Å². The van der Waals surface area contributed by atoms with Crippen LogP contribution in [-0.2, 0) is 4.79 Å². The van der Waals surface area contributed by atoms with E-state index >= 15 is 0 Å². The molecule has 0 aromatic rings. The Morgan fingerprint density at radius 2 is 1.94 bits per heavy atom. The number of amides is 1. The quantitative estimate of drug-likeness (QED) is 0.648. The van der Waals surface area contributed by atoms with Crippen LogP contribution < -0.4 is 5.32 Å². The number of carbonyl (C=O) groups excluding carboxylic acids is 1. The maximum Gasteiger partial charge on any atom is 0.234 e. The van der Waals surface area contributed by atoms with Crippen molar-refractivity contribution in [3.8, 4) is 0 Å². The van der Waals surface area contributed by atoms with Crippen molar-refractivity contribution in [1.82, 2.24) is 10.2 Å². The molecule has 0 spiro atoms. The van der Waals surface area contributed by atoms with E-state index in [1.165, 1.54) is 19.3 Å². The third kappa shape index (κ3) is 6.97. The summed E-state index contributed by atoms with van der Waals surface area (Å²) < 4.78 is 0. The first kappa shape index (κ1) is 15.4. The number of aliphatic hydroxyl groups is 1. The Kier molecular flexibility index (Phi) is 8.01. The van der Waals surface area contributed by atoms with Crippen molar-refractivity contribution < 1.29 is 9.90 Å². The molecule has 0 heterocycles. The highest BCUT2D eigenvalue weighted by Crippen LogP contribution is 2.17. The molecule has 2 N–H and O–H groups in total. The molecule has 1 saturated carbocycles. The number of likely N-dealkylation sites (N-methyl/N-ethyl adjacent to an activating group) is 1. The molecule has 1 rings (SSSR count). The number of hydrogen-bond acceptors (Lipinski definition) is 3. The zero-order chi connectivity index (χ0) is 13.2. The standard InChI is InChI=1S/C14H28N2O2/c1-16(10-6-3-7-11-17)12-14(18)15-13-8-4-2-5-9-13/h13,17H,2-12H2,1H3,(H,15,18). The summed E-state index contributed by atoms with van der Waals surface area (Å²) in [4.78, 5) is 13.9. The molecule has 0 bridgehead atoms. The van der Waals surface area contributed by atoms with Gasteiger partial charge in [-0.1, -0.05) is 19.3 Å². The molecule has 1 aliphatic rings. The SMILES string of the molecule is CN(CCCCCO)CC(=O)NC1CCCCC1. The van der Waals surface area contributed by atoms with Gasteiger partial charge in [0.15, 0.2) is 0 Å². The second-order valence-electron chi connectivity index (χ2n) is 5.42. The van der Waals surface area contributed by atoms with E-state index in [1.807, 2.05) is 7.05 Å². The molecular weight excluding hydrogens is 228 g/mol. The summed E-state index contributed by atoms with van der Waals surface area (Å²) in [5.41, 5.74) is 0. The van der Waals surface area contributed by atoms with Crippen LogP contribution in [-0.4, -0.2) is 48.7 Å². The Hall–Kier alpha value is -0.610. The fourth-order valence-electron chi connectivity index (χ4n) is 2.51. The smallest absolute Gasteiger partial charge is 0.234 e. The van der Waals surface area contributed by atoms with Gasteiger partial charge in [0.25, 0.3) is 0 Å². The molecule has 0 aromatic heterocycles. The molecule has 0 radical (unpaired) electrons. The van der Waals surface area contributed by atoms with Crippen molar-refractivity contribution >= 4 is 5.91 Å². The van der Waals surface area contributed by atoms with Gasteiger partial charge in [-0.3, -0.25) is 9.69 Å². The van der Waals surface area contributed by atoms with Crippen molar-refractivity contribution in [2.45, 2.75) is 57.4 Å². The van der Waals surface area contributed by atoms with Crippen LogP contribution in [0.3, 0.4) is 0 Å². The van der Waals surface area contributed by atoms with Crippen molar-refractivity contribution in [3.63, 3.8) is 0 Å². The van der Waals surface area contributed by atoms with Crippen LogP contribution in [0.1, 0.15) is 51.4 Å². The van der Waals surface area contributed by atoms with Gasteiger partial charge in [0, 0.05) is 12.6 Å². The van der Waals surface area contributed by atoms with Crippen LogP contribution in [0.2, 0.25) is 0 Å². The first-order chi connectivity index (χ1) is 8.72. The minimum absolute atomic E-state index is 0.159. The Balaban J connectivity index is 2.06. The predicted octanol–water partition coefficient (Wildman–Crippen LogP) is 1.53. The second-order valence-corrected chi connectivity index (χ2v) is 5.42. The number of rotatable bonds is 8. The van der Waals surface area contributed by atoms with Crippen LogP contribution in [0.5, 0.6) is 0 Å². The molecule has 0 saturated heterocycles. The lowest BCUT2D eigenvalue weighted by atomic mass is 9.95. The normalized spacial score (nSPS) is 17.1. The van der Waals surface area contributed by atoms with Crippen molar-refractivity contribution in [2.24, 2.45) is 0 Å². The van der Waals surface area contributed by atoms with E-state index in [2.05, 4.69) is 10.2 Å². The fourth-order valence-corrected chi connectivity index (χ4v) is 2.51. The van der Waals surface area contributed by atoms with Gasteiger partial charge in [0.2, 0.25) is 5.91 Å².